The van der Waals surface area contributed by atoms with Gasteiger partial charge < -0.3 is 4.90 Å². The Bertz CT molecular complexity index is 728. The van der Waals surface area contributed by atoms with Crippen molar-refractivity contribution in [2.75, 3.05) is 6.54 Å². The van der Waals surface area contributed by atoms with Crippen molar-refractivity contribution in [3.8, 4) is 0 Å². The molecule has 0 aliphatic carbocycles. The van der Waals surface area contributed by atoms with Crippen LogP contribution < -0.4 is 0 Å². The third-order valence-corrected chi connectivity index (χ3v) is 4.59. The van der Waals surface area contributed by atoms with Gasteiger partial charge in [0.15, 0.2) is 0 Å². The highest BCUT2D eigenvalue weighted by molar-refractivity contribution is 5.87. The van der Waals surface area contributed by atoms with E-state index in [1.54, 1.807) is 10.9 Å². The summed E-state index contributed by atoms with van der Waals surface area (Å²) in [5, 5.41) is 8.93. The molecule has 1 unspecified atom stereocenters. The summed E-state index contributed by atoms with van der Waals surface area (Å²) in [6.45, 7) is 13.2. The topological polar surface area (TPSA) is 56.0 Å². The zero-order valence-electron chi connectivity index (χ0n) is 15.9. The first-order chi connectivity index (χ1) is 11.8. The highest BCUT2D eigenvalue weighted by Gasteiger charge is 2.28. The molecule has 1 amide bonds. The van der Waals surface area contributed by atoms with Crippen LogP contribution >= 0.6 is 0 Å². The lowest BCUT2D eigenvalue weighted by Gasteiger charge is -2.31. The summed E-state index contributed by atoms with van der Waals surface area (Å²) in [6.07, 6.45) is 6.08. The third kappa shape index (κ3) is 4.38. The fraction of sp³-hybridized carbons (Fsp3) is 0.526. The zero-order chi connectivity index (χ0) is 18.6. The van der Waals surface area contributed by atoms with Crippen LogP contribution in [0.5, 0.6) is 0 Å². The van der Waals surface area contributed by atoms with Crippen LogP contribution in [0.3, 0.4) is 0 Å². The first-order valence-electron chi connectivity index (χ1n) is 8.72. The van der Waals surface area contributed by atoms with Crippen LogP contribution in [0.25, 0.3) is 0 Å². The predicted molar refractivity (Wildman–Crippen MR) is 99.1 cm³/mol. The summed E-state index contributed by atoms with van der Waals surface area (Å²) in [4.78, 5) is 14.3. The number of hydrogen-bond donors (Lipinski definition) is 0. The van der Waals surface area contributed by atoms with Gasteiger partial charge in [-0.05, 0) is 31.6 Å². The Hall–Kier alpha value is -2.37. The van der Waals surface area contributed by atoms with E-state index in [1.165, 1.54) is 6.08 Å². The minimum atomic E-state index is -0.263. The van der Waals surface area contributed by atoms with Crippen molar-refractivity contribution in [1.29, 1.82) is 0 Å². The highest BCUT2D eigenvalue weighted by atomic mass is 16.2. The smallest absolute Gasteiger partial charge is 0.246 e. The molecule has 0 aromatic carbocycles. The van der Waals surface area contributed by atoms with Gasteiger partial charge in [-0.15, -0.1) is 0 Å². The number of amides is 1. The van der Waals surface area contributed by atoms with Crippen LogP contribution in [0, 0.1) is 0 Å². The standard InChI is InChI=1S/C19H29N5O/c1-7-15(3)24-16(9-11-20-24)13-23(18(25)8-2)14-19(4,5)17-10-12-22(6)21-17/h8-12,15H,2,7,13-14H2,1,3-6H3. The lowest BCUT2D eigenvalue weighted by Crippen LogP contribution is -2.40. The number of carbonyl (C=O) groups is 1. The summed E-state index contributed by atoms with van der Waals surface area (Å²) >= 11 is 0. The molecule has 25 heavy (non-hydrogen) atoms. The SMILES string of the molecule is C=CC(=O)N(Cc1ccnn1C(C)CC)CC(C)(C)c1ccn(C)n1. The van der Waals surface area contributed by atoms with E-state index in [0.29, 0.717) is 19.1 Å². The van der Waals surface area contributed by atoms with Gasteiger partial charge in [-0.2, -0.15) is 10.2 Å². The molecular weight excluding hydrogens is 314 g/mol. The fourth-order valence-electron chi connectivity index (χ4n) is 2.91. The van der Waals surface area contributed by atoms with Gasteiger partial charge in [0.2, 0.25) is 5.91 Å². The molecule has 6 heteroatoms. The van der Waals surface area contributed by atoms with Gasteiger partial charge in [-0.1, -0.05) is 27.4 Å². The van der Waals surface area contributed by atoms with E-state index in [-0.39, 0.29) is 11.3 Å². The minimum absolute atomic E-state index is 0.0825. The zero-order valence-corrected chi connectivity index (χ0v) is 15.9. The monoisotopic (exact) mass is 343 g/mol. The van der Waals surface area contributed by atoms with Crippen molar-refractivity contribution >= 4 is 5.91 Å². The summed E-state index contributed by atoms with van der Waals surface area (Å²) in [6, 6.07) is 4.28. The first-order valence-corrected chi connectivity index (χ1v) is 8.72. The average molecular weight is 343 g/mol. The summed E-state index contributed by atoms with van der Waals surface area (Å²) < 4.78 is 3.78. The Morgan fingerprint density at radius 3 is 2.72 bits per heavy atom. The molecule has 0 spiro atoms. The molecule has 0 radical (unpaired) electrons. The van der Waals surface area contributed by atoms with Gasteiger partial charge in [0.1, 0.15) is 0 Å². The summed E-state index contributed by atoms with van der Waals surface area (Å²) in [7, 11) is 1.90. The van der Waals surface area contributed by atoms with Gasteiger partial charge in [0, 0.05) is 37.4 Å². The molecule has 1 atom stereocenters. The number of hydrogen-bond acceptors (Lipinski definition) is 3. The molecule has 2 aromatic rings. The second kappa shape index (κ2) is 7.68. The molecule has 6 nitrogen and oxygen atoms in total. The van der Waals surface area contributed by atoms with Crippen LogP contribution in [-0.4, -0.2) is 36.9 Å². The van der Waals surface area contributed by atoms with Gasteiger partial charge >= 0.3 is 0 Å². The van der Waals surface area contributed by atoms with Gasteiger partial charge in [-0.3, -0.25) is 14.2 Å². The Morgan fingerprint density at radius 1 is 1.44 bits per heavy atom. The van der Waals surface area contributed by atoms with Crippen molar-refractivity contribution in [3.05, 3.63) is 48.6 Å². The maximum Gasteiger partial charge on any atom is 0.246 e. The van der Waals surface area contributed by atoms with Crippen molar-refractivity contribution < 1.29 is 4.79 Å². The van der Waals surface area contributed by atoms with E-state index in [4.69, 9.17) is 0 Å². The van der Waals surface area contributed by atoms with Gasteiger partial charge in [0.25, 0.3) is 0 Å². The van der Waals surface area contributed by atoms with Crippen molar-refractivity contribution in [2.45, 2.75) is 52.1 Å². The van der Waals surface area contributed by atoms with Crippen LogP contribution in [0.15, 0.2) is 37.2 Å². The molecule has 0 saturated heterocycles. The van der Waals surface area contributed by atoms with E-state index in [1.807, 2.05) is 35.0 Å². The minimum Gasteiger partial charge on any atom is -0.332 e. The van der Waals surface area contributed by atoms with Crippen molar-refractivity contribution in [3.63, 3.8) is 0 Å². The molecule has 0 aliphatic heterocycles. The van der Waals surface area contributed by atoms with E-state index < -0.39 is 0 Å². The van der Waals surface area contributed by atoms with E-state index in [9.17, 15) is 4.79 Å². The predicted octanol–water partition coefficient (Wildman–Crippen LogP) is 3.08. The number of aromatic nitrogens is 4. The highest BCUT2D eigenvalue weighted by Crippen LogP contribution is 2.24. The number of nitrogens with zero attached hydrogens (tertiary/aromatic N) is 5. The van der Waals surface area contributed by atoms with E-state index in [2.05, 4.69) is 44.5 Å². The maximum absolute atomic E-state index is 12.5. The Labute approximate surface area is 150 Å². The van der Waals surface area contributed by atoms with Crippen LogP contribution in [0.1, 0.15) is 51.5 Å². The molecule has 136 valence electrons. The molecule has 0 N–H and O–H groups in total. The van der Waals surface area contributed by atoms with Crippen LogP contribution in [0.4, 0.5) is 0 Å². The lowest BCUT2D eigenvalue weighted by atomic mass is 9.88. The summed E-state index contributed by atoms with van der Waals surface area (Å²) in [5.41, 5.74) is 1.73. The number of aryl methyl sites for hydroxylation is 1. The Morgan fingerprint density at radius 2 is 2.16 bits per heavy atom. The van der Waals surface area contributed by atoms with Crippen molar-refractivity contribution in [2.24, 2.45) is 7.05 Å². The van der Waals surface area contributed by atoms with E-state index in [0.717, 1.165) is 17.8 Å². The molecule has 2 rings (SSSR count). The molecule has 0 aliphatic rings. The quantitative estimate of drug-likeness (QED) is 0.692. The molecule has 0 saturated carbocycles. The molecular formula is C19H29N5O. The fourth-order valence-corrected chi connectivity index (χ4v) is 2.91. The molecule has 2 heterocycles. The molecule has 0 fully saturated rings. The van der Waals surface area contributed by atoms with E-state index >= 15 is 0 Å². The summed E-state index contributed by atoms with van der Waals surface area (Å²) in [5.74, 6) is -0.0825. The Balaban J connectivity index is 2.24. The normalized spacial score (nSPS) is 12.8. The second-order valence-corrected chi connectivity index (χ2v) is 7.18. The molecule has 2 aromatic heterocycles. The largest absolute Gasteiger partial charge is 0.332 e. The second-order valence-electron chi connectivity index (χ2n) is 7.18. The lowest BCUT2D eigenvalue weighted by molar-refractivity contribution is -0.127. The maximum atomic E-state index is 12.5. The van der Waals surface area contributed by atoms with Gasteiger partial charge in [-0.25, -0.2) is 0 Å². The third-order valence-electron chi connectivity index (χ3n) is 4.59. The van der Waals surface area contributed by atoms with Gasteiger partial charge in [0.05, 0.1) is 17.9 Å². The Kier molecular flexibility index (Phi) is 5.82. The average Bonchev–Trinajstić information content (AvgIpc) is 3.21. The molecule has 0 bridgehead atoms. The van der Waals surface area contributed by atoms with Crippen LogP contribution in [0.2, 0.25) is 0 Å². The van der Waals surface area contributed by atoms with Crippen LogP contribution in [-0.2, 0) is 23.8 Å². The number of rotatable bonds is 8. The first kappa shape index (κ1) is 19.0. The van der Waals surface area contributed by atoms with Crippen molar-refractivity contribution in [1.82, 2.24) is 24.5 Å². The number of carbonyl (C=O) groups excluding carboxylic acids is 1.